The lowest BCUT2D eigenvalue weighted by atomic mass is 10.2. The molecule has 0 fully saturated rings. The molecule has 1 rings (SSSR count). The highest BCUT2D eigenvalue weighted by atomic mass is 32.2. The number of esters is 1. The van der Waals surface area contributed by atoms with Crippen molar-refractivity contribution in [1.82, 2.24) is 0 Å². The van der Waals surface area contributed by atoms with Gasteiger partial charge in [-0.05, 0) is 18.2 Å². The lowest BCUT2D eigenvalue weighted by molar-refractivity contribution is 0.0596. The second kappa shape index (κ2) is 4.52. The summed E-state index contributed by atoms with van der Waals surface area (Å²) in [6.07, 6.45) is 1.03. The van der Waals surface area contributed by atoms with E-state index in [1.165, 1.54) is 32.4 Å². The lowest BCUT2D eigenvalue weighted by Gasteiger charge is -2.08. The van der Waals surface area contributed by atoms with Crippen LogP contribution in [0.25, 0.3) is 0 Å². The molecule has 0 saturated heterocycles. The molecule has 16 heavy (non-hydrogen) atoms. The second-order valence-corrected chi connectivity index (χ2v) is 5.11. The van der Waals surface area contributed by atoms with Crippen molar-refractivity contribution in [2.24, 2.45) is 0 Å². The fraction of sp³-hybridized carbons (Fsp3) is 0.300. The molecule has 1 aromatic carbocycles. The first-order valence-electron chi connectivity index (χ1n) is 4.36. The van der Waals surface area contributed by atoms with E-state index in [0.717, 1.165) is 6.26 Å². The van der Waals surface area contributed by atoms with Gasteiger partial charge in [0.05, 0.1) is 24.7 Å². The van der Waals surface area contributed by atoms with Crippen LogP contribution in [0.5, 0.6) is 5.75 Å². The number of methoxy groups -OCH3 is 2. The Morgan fingerprint density at radius 2 is 1.88 bits per heavy atom. The number of sulfone groups is 1. The van der Waals surface area contributed by atoms with Crippen LogP contribution in [0.2, 0.25) is 0 Å². The molecule has 0 unspecified atom stereocenters. The van der Waals surface area contributed by atoms with Crippen molar-refractivity contribution in [3.63, 3.8) is 0 Å². The minimum atomic E-state index is -3.47. The number of carbonyl (C=O) groups is 1. The highest BCUT2D eigenvalue weighted by molar-refractivity contribution is 7.90. The maximum absolute atomic E-state index is 11.4. The zero-order chi connectivity index (χ0) is 12.3. The van der Waals surface area contributed by atoms with Gasteiger partial charge < -0.3 is 9.47 Å². The van der Waals surface area contributed by atoms with Gasteiger partial charge in [0.1, 0.15) is 5.75 Å². The largest absolute Gasteiger partial charge is 0.497 e. The molecule has 0 atom stereocenters. The van der Waals surface area contributed by atoms with Crippen molar-refractivity contribution >= 4 is 15.8 Å². The van der Waals surface area contributed by atoms with Crippen molar-refractivity contribution in [2.75, 3.05) is 20.5 Å². The van der Waals surface area contributed by atoms with E-state index in [1.807, 2.05) is 0 Å². The van der Waals surface area contributed by atoms with Crippen molar-refractivity contribution in [2.45, 2.75) is 4.90 Å². The SMILES string of the molecule is COC(=O)c1cc(OC)ccc1S(C)(=O)=O. The first kappa shape index (κ1) is 12.5. The zero-order valence-corrected chi connectivity index (χ0v) is 10.00. The number of hydrogen-bond acceptors (Lipinski definition) is 5. The van der Waals surface area contributed by atoms with Gasteiger partial charge in [0.25, 0.3) is 0 Å². The molecular formula is C10H12O5S. The Morgan fingerprint density at radius 1 is 1.25 bits per heavy atom. The Morgan fingerprint density at radius 3 is 2.31 bits per heavy atom. The lowest BCUT2D eigenvalue weighted by Crippen LogP contribution is -2.09. The molecule has 0 bridgehead atoms. The molecule has 0 aliphatic heterocycles. The van der Waals surface area contributed by atoms with Crippen LogP contribution in [0.15, 0.2) is 23.1 Å². The number of hydrogen-bond donors (Lipinski definition) is 0. The Labute approximate surface area is 93.9 Å². The first-order chi connectivity index (χ1) is 7.40. The summed E-state index contributed by atoms with van der Waals surface area (Å²) in [5, 5.41) is 0. The predicted molar refractivity (Wildman–Crippen MR) is 57.4 cm³/mol. The van der Waals surface area contributed by atoms with Gasteiger partial charge in [-0.1, -0.05) is 0 Å². The third-order valence-electron chi connectivity index (χ3n) is 1.99. The van der Waals surface area contributed by atoms with Crippen LogP contribution in [0.3, 0.4) is 0 Å². The van der Waals surface area contributed by atoms with Crippen molar-refractivity contribution < 1.29 is 22.7 Å². The third kappa shape index (κ3) is 2.52. The fourth-order valence-corrected chi connectivity index (χ4v) is 2.09. The van der Waals surface area contributed by atoms with E-state index in [0.29, 0.717) is 5.75 Å². The van der Waals surface area contributed by atoms with E-state index < -0.39 is 15.8 Å². The Balaban J connectivity index is 3.45. The average Bonchev–Trinajstić information content (AvgIpc) is 2.25. The molecule has 1 aromatic rings. The van der Waals surface area contributed by atoms with Gasteiger partial charge in [0, 0.05) is 6.26 Å². The van der Waals surface area contributed by atoms with E-state index >= 15 is 0 Å². The summed E-state index contributed by atoms with van der Waals surface area (Å²) in [6.45, 7) is 0. The highest BCUT2D eigenvalue weighted by Crippen LogP contribution is 2.22. The molecule has 0 aliphatic rings. The molecule has 0 heterocycles. The van der Waals surface area contributed by atoms with Crippen LogP contribution in [0.4, 0.5) is 0 Å². The minimum absolute atomic E-state index is 0.0237. The van der Waals surface area contributed by atoms with Gasteiger partial charge in [0.2, 0.25) is 0 Å². The van der Waals surface area contributed by atoms with E-state index in [9.17, 15) is 13.2 Å². The summed E-state index contributed by atoms with van der Waals surface area (Å²) in [6, 6.07) is 4.13. The van der Waals surface area contributed by atoms with Gasteiger partial charge >= 0.3 is 5.97 Å². The van der Waals surface area contributed by atoms with E-state index in [4.69, 9.17) is 4.74 Å². The minimum Gasteiger partial charge on any atom is -0.497 e. The third-order valence-corrected chi connectivity index (χ3v) is 3.15. The molecular weight excluding hydrogens is 232 g/mol. The number of benzene rings is 1. The van der Waals surface area contributed by atoms with E-state index in [1.54, 1.807) is 0 Å². The molecule has 0 aromatic heterocycles. The summed E-state index contributed by atoms with van der Waals surface area (Å²) in [7, 11) is -0.854. The van der Waals surface area contributed by atoms with Gasteiger partial charge in [0.15, 0.2) is 9.84 Å². The topological polar surface area (TPSA) is 69.7 Å². The highest BCUT2D eigenvalue weighted by Gasteiger charge is 2.19. The van der Waals surface area contributed by atoms with Crippen LogP contribution in [0, 0.1) is 0 Å². The summed E-state index contributed by atoms with van der Waals surface area (Å²) in [5.41, 5.74) is -0.0237. The van der Waals surface area contributed by atoms with E-state index in [2.05, 4.69) is 4.74 Å². The summed E-state index contributed by atoms with van der Waals surface area (Å²) in [4.78, 5) is 11.3. The van der Waals surface area contributed by atoms with Crippen LogP contribution in [0.1, 0.15) is 10.4 Å². The normalized spacial score (nSPS) is 10.9. The van der Waals surface area contributed by atoms with Crippen LogP contribution < -0.4 is 4.74 Å². The quantitative estimate of drug-likeness (QED) is 0.738. The van der Waals surface area contributed by atoms with Crippen molar-refractivity contribution in [1.29, 1.82) is 0 Å². The van der Waals surface area contributed by atoms with Crippen LogP contribution in [-0.4, -0.2) is 34.9 Å². The summed E-state index contributed by atoms with van der Waals surface area (Å²) < 4.78 is 32.3. The standard InChI is InChI=1S/C10H12O5S/c1-14-7-4-5-9(16(3,12)13)8(6-7)10(11)15-2/h4-6H,1-3H3. The number of rotatable bonds is 3. The molecule has 6 heteroatoms. The number of ether oxygens (including phenoxy) is 2. The average molecular weight is 244 g/mol. The zero-order valence-electron chi connectivity index (χ0n) is 9.18. The fourth-order valence-electron chi connectivity index (χ4n) is 1.23. The Kier molecular flexibility index (Phi) is 3.54. The molecule has 0 radical (unpaired) electrons. The molecule has 0 saturated carbocycles. The van der Waals surface area contributed by atoms with Crippen molar-refractivity contribution in [3.05, 3.63) is 23.8 Å². The monoisotopic (exact) mass is 244 g/mol. The molecule has 0 spiro atoms. The molecule has 0 amide bonds. The molecule has 5 nitrogen and oxygen atoms in total. The number of carbonyl (C=O) groups excluding carboxylic acids is 1. The second-order valence-electron chi connectivity index (χ2n) is 3.13. The summed E-state index contributed by atoms with van der Waals surface area (Å²) >= 11 is 0. The van der Waals surface area contributed by atoms with Gasteiger partial charge in [-0.2, -0.15) is 0 Å². The van der Waals surface area contributed by atoms with Gasteiger partial charge in [-0.15, -0.1) is 0 Å². The molecule has 0 N–H and O–H groups in total. The van der Waals surface area contributed by atoms with Gasteiger partial charge in [-0.3, -0.25) is 0 Å². The first-order valence-corrected chi connectivity index (χ1v) is 6.25. The molecule has 88 valence electrons. The van der Waals surface area contributed by atoms with Crippen LogP contribution in [-0.2, 0) is 14.6 Å². The Bertz CT molecular complexity index is 504. The maximum Gasteiger partial charge on any atom is 0.339 e. The summed E-state index contributed by atoms with van der Waals surface area (Å²) in [5.74, 6) is -0.313. The van der Waals surface area contributed by atoms with Crippen LogP contribution >= 0.6 is 0 Å². The smallest absolute Gasteiger partial charge is 0.339 e. The predicted octanol–water partition coefficient (Wildman–Crippen LogP) is 0.885. The van der Waals surface area contributed by atoms with Gasteiger partial charge in [-0.25, -0.2) is 13.2 Å². The molecule has 0 aliphatic carbocycles. The van der Waals surface area contributed by atoms with E-state index in [-0.39, 0.29) is 10.5 Å². The maximum atomic E-state index is 11.4. The van der Waals surface area contributed by atoms with Crippen molar-refractivity contribution in [3.8, 4) is 5.75 Å². The Hall–Kier alpha value is -1.56.